The van der Waals surface area contributed by atoms with Gasteiger partial charge in [0.25, 0.3) is 0 Å². The van der Waals surface area contributed by atoms with Gasteiger partial charge in [0.05, 0.1) is 18.0 Å². The van der Waals surface area contributed by atoms with Crippen molar-refractivity contribution >= 4 is 15.7 Å². The molecule has 0 aromatic carbocycles. The van der Waals surface area contributed by atoms with E-state index in [2.05, 4.69) is 4.98 Å². The molecular weight excluding hydrogens is 233 g/mol. The highest BCUT2D eigenvalue weighted by molar-refractivity contribution is 7.93. The van der Waals surface area contributed by atoms with Gasteiger partial charge in [0.2, 0.25) is 10.0 Å². The van der Waals surface area contributed by atoms with Crippen molar-refractivity contribution < 1.29 is 12.8 Å². The van der Waals surface area contributed by atoms with E-state index in [1.165, 1.54) is 12.3 Å². The van der Waals surface area contributed by atoms with Gasteiger partial charge in [-0.05, 0) is 12.5 Å². The van der Waals surface area contributed by atoms with Gasteiger partial charge in [0, 0.05) is 6.20 Å². The summed E-state index contributed by atoms with van der Waals surface area (Å²) in [5, 5.41) is 7.44. The maximum Gasteiger partial charge on any atom is 0.249 e. The Morgan fingerprint density at radius 2 is 2.38 bits per heavy atom. The maximum atomic E-state index is 13.1. The number of nitriles is 1. The minimum Gasteiger partial charge on any atom is -0.279 e. The molecule has 7 heteroatoms. The molecule has 1 N–H and O–H groups in total. The third-order valence-electron chi connectivity index (χ3n) is 1.91. The molecule has 0 spiro atoms. The average molecular weight is 243 g/mol. The van der Waals surface area contributed by atoms with Gasteiger partial charge in [0.1, 0.15) is 0 Å². The Morgan fingerprint density at radius 3 is 2.88 bits per heavy atom. The predicted octanol–water partition coefficient (Wildman–Crippen LogP) is 1.26. The summed E-state index contributed by atoms with van der Waals surface area (Å²) >= 11 is 0. The summed E-state index contributed by atoms with van der Waals surface area (Å²) in [6.07, 6.45) is 2.29. The molecule has 0 aliphatic rings. The van der Waals surface area contributed by atoms with Crippen molar-refractivity contribution in [3.8, 4) is 6.07 Å². The molecule has 0 radical (unpaired) electrons. The Morgan fingerprint density at radius 1 is 1.69 bits per heavy atom. The molecule has 0 saturated heterocycles. The Balaban J connectivity index is 2.99. The summed E-state index contributed by atoms with van der Waals surface area (Å²) in [7, 11) is -3.88. The second-order valence-electron chi connectivity index (χ2n) is 3.03. The largest absolute Gasteiger partial charge is 0.279 e. The number of halogens is 1. The summed E-state index contributed by atoms with van der Waals surface area (Å²) in [5.74, 6) is -0.779. The first-order valence-electron chi connectivity index (χ1n) is 4.52. The van der Waals surface area contributed by atoms with Crippen LogP contribution in [0.15, 0.2) is 18.5 Å². The van der Waals surface area contributed by atoms with Crippen LogP contribution >= 0.6 is 0 Å². The highest BCUT2D eigenvalue weighted by Crippen LogP contribution is 2.15. The lowest BCUT2D eigenvalue weighted by molar-refractivity contribution is 0.590. The first kappa shape index (κ1) is 12.4. The van der Waals surface area contributed by atoms with Crippen molar-refractivity contribution in [3.63, 3.8) is 0 Å². The number of hydrogen-bond donors (Lipinski definition) is 1. The molecule has 0 fully saturated rings. The van der Waals surface area contributed by atoms with Crippen molar-refractivity contribution in [1.29, 1.82) is 5.26 Å². The Kier molecular flexibility index (Phi) is 3.79. The van der Waals surface area contributed by atoms with Gasteiger partial charge < -0.3 is 0 Å². The number of nitrogens with one attached hydrogen (secondary N) is 1. The molecule has 16 heavy (non-hydrogen) atoms. The number of pyridine rings is 1. The SMILES string of the molecule is CCC(C#N)S(=O)(=O)Nc1ccncc1F. The van der Waals surface area contributed by atoms with Crippen LogP contribution in [0.25, 0.3) is 0 Å². The van der Waals surface area contributed by atoms with Gasteiger partial charge in [-0.2, -0.15) is 5.26 Å². The van der Waals surface area contributed by atoms with E-state index in [0.717, 1.165) is 6.20 Å². The highest BCUT2D eigenvalue weighted by atomic mass is 32.2. The molecular formula is C9H10FN3O2S. The number of rotatable bonds is 4. The molecule has 0 bridgehead atoms. The molecule has 1 heterocycles. The summed E-state index contributed by atoms with van der Waals surface area (Å²) < 4.78 is 38.3. The summed E-state index contributed by atoms with van der Waals surface area (Å²) in [6, 6.07) is 2.83. The van der Waals surface area contributed by atoms with Crippen LogP contribution in [-0.4, -0.2) is 18.7 Å². The molecule has 1 rings (SSSR count). The van der Waals surface area contributed by atoms with Gasteiger partial charge >= 0.3 is 0 Å². The molecule has 0 saturated carbocycles. The zero-order valence-corrected chi connectivity index (χ0v) is 9.33. The molecule has 1 aromatic heterocycles. The minimum absolute atomic E-state index is 0.137. The Hall–Kier alpha value is -1.68. The van der Waals surface area contributed by atoms with Crippen molar-refractivity contribution in [2.75, 3.05) is 4.72 Å². The van der Waals surface area contributed by atoms with Crippen LogP contribution in [0.5, 0.6) is 0 Å². The topological polar surface area (TPSA) is 82.8 Å². The fourth-order valence-electron chi connectivity index (χ4n) is 1.06. The van der Waals surface area contributed by atoms with E-state index in [0.29, 0.717) is 0 Å². The molecule has 5 nitrogen and oxygen atoms in total. The highest BCUT2D eigenvalue weighted by Gasteiger charge is 2.24. The maximum absolute atomic E-state index is 13.1. The lowest BCUT2D eigenvalue weighted by Crippen LogP contribution is -2.26. The first-order chi connectivity index (χ1) is 7.51. The fraction of sp³-hybridized carbons (Fsp3) is 0.333. The van der Waals surface area contributed by atoms with Crippen molar-refractivity contribution in [3.05, 3.63) is 24.3 Å². The number of sulfonamides is 1. The van der Waals surface area contributed by atoms with Crippen LogP contribution in [0.3, 0.4) is 0 Å². The van der Waals surface area contributed by atoms with E-state index >= 15 is 0 Å². The Bertz CT molecular complexity index is 510. The summed E-state index contributed by atoms with van der Waals surface area (Å²) in [5.41, 5.74) is -0.205. The minimum atomic E-state index is -3.88. The summed E-state index contributed by atoms with van der Waals surface area (Å²) in [4.78, 5) is 3.49. The first-order valence-corrected chi connectivity index (χ1v) is 6.06. The van der Waals surface area contributed by atoms with E-state index in [9.17, 15) is 12.8 Å². The molecule has 86 valence electrons. The van der Waals surface area contributed by atoms with Gasteiger partial charge in [-0.15, -0.1) is 0 Å². The smallest absolute Gasteiger partial charge is 0.249 e. The molecule has 1 unspecified atom stereocenters. The zero-order valence-electron chi connectivity index (χ0n) is 8.51. The van der Waals surface area contributed by atoms with E-state index < -0.39 is 21.1 Å². The van der Waals surface area contributed by atoms with Gasteiger partial charge in [-0.25, -0.2) is 12.8 Å². The standard InChI is InChI=1S/C9H10FN3O2S/c1-2-7(5-11)16(14,15)13-9-3-4-12-6-8(9)10/h3-4,6-7H,2H2,1H3,(H,12,13). The molecule has 0 aliphatic carbocycles. The van der Waals surface area contributed by atoms with Crippen LogP contribution in [0, 0.1) is 17.1 Å². The van der Waals surface area contributed by atoms with Crippen LogP contribution in [-0.2, 0) is 10.0 Å². The normalized spacial score (nSPS) is 12.8. The lowest BCUT2D eigenvalue weighted by atomic mass is 10.4. The third kappa shape index (κ3) is 2.67. The van der Waals surface area contributed by atoms with Gasteiger partial charge in [-0.3, -0.25) is 9.71 Å². The second kappa shape index (κ2) is 4.90. The van der Waals surface area contributed by atoms with Crippen LogP contribution < -0.4 is 4.72 Å². The number of aromatic nitrogens is 1. The molecule has 1 aromatic rings. The molecule has 1 atom stereocenters. The second-order valence-corrected chi connectivity index (χ2v) is 4.89. The zero-order chi connectivity index (χ0) is 12.2. The Labute approximate surface area is 93.0 Å². The van der Waals surface area contributed by atoms with Crippen molar-refractivity contribution in [2.45, 2.75) is 18.6 Å². The van der Waals surface area contributed by atoms with E-state index in [1.54, 1.807) is 13.0 Å². The van der Waals surface area contributed by atoms with Crippen molar-refractivity contribution in [2.24, 2.45) is 0 Å². The molecule has 0 aliphatic heterocycles. The van der Waals surface area contributed by atoms with E-state index in [1.807, 2.05) is 4.72 Å². The van der Waals surface area contributed by atoms with Gasteiger partial charge in [-0.1, -0.05) is 6.92 Å². The number of anilines is 1. The number of hydrogen-bond acceptors (Lipinski definition) is 4. The molecule has 0 amide bonds. The van der Waals surface area contributed by atoms with Crippen molar-refractivity contribution in [1.82, 2.24) is 4.98 Å². The summed E-state index contributed by atoms with van der Waals surface area (Å²) in [6.45, 7) is 1.57. The fourth-order valence-corrected chi connectivity index (χ4v) is 2.25. The van der Waals surface area contributed by atoms with Crippen LogP contribution in [0.4, 0.5) is 10.1 Å². The van der Waals surface area contributed by atoms with Crippen LogP contribution in [0.2, 0.25) is 0 Å². The number of nitrogens with zero attached hydrogens (tertiary/aromatic N) is 2. The van der Waals surface area contributed by atoms with E-state index in [-0.39, 0.29) is 12.1 Å². The predicted molar refractivity (Wildman–Crippen MR) is 56.4 cm³/mol. The van der Waals surface area contributed by atoms with E-state index in [4.69, 9.17) is 5.26 Å². The van der Waals surface area contributed by atoms with Crippen LogP contribution in [0.1, 0.15) is 13.3 Å². The average Bonchev–Trinajstić information content (AvgIpc) is 2.22. The quantitative estimate of drug-likeness (QED) is 0.863. The lowest BCUT2D eigenvalue weighted by Gasteiger charge is -2.11. The van der Waals surface area contributed by atoms with Gasteiger partial charge in [0.15, 0.2) is 11.1 Å². The monoisotopic (exact) mass is 243 g/mol. The third-order valence-corrected chi connectivity index (χ3v) is 3.61.